The molecule has 1 aromatic carbocycles. The van der Waals surface area contributed by atoms with Crippen molar-refractivity contribution in [2.24, 2.45) is 5.10 Å². The van der Waals surface area contributed by atoms with E-state index in [2.05, 4.69) is 28.0 Å². The molecule has 0 saturated heterocycles. The van der Waals surface area contributed by atoms with E-state index in [4.69, 9.17) is 0 Å². The van der Waals surface area contributed by atoms with E-state index in [0.717, 1.165) is 5.69 Å². The van der Waals surface area contributed by atoms with Gasteiger partial charge < -0.3 is 5.32 Å². The molecule has 1 heterocycles. The maximum absolute atomic E-state index is 11.9. The molecule has 5 nitrogen and oxygen atoms in total. The van der Waals surface area contributed by atoms with Crippen LogP contribution in [0.2, 0.25) is 0 Å². The lowest BCUT2D eigenvalue weighted by Gasteiger charge is -2.10. The molecule has 5 heteroatoms. The summed E-state index contributed by atoms with van der Waals surface area (Å²) in [6.07, 6.45) is 5.19. The van der Waals surface area contributed by atoms with Crippen LogP contribution in [0.4, 0.5) is 5.69 Å². The largest absolute Gasteiger partial charge is 0.321 e. The van der Waals surface area contributed by atoms with Gasteiger partial charge in [0.25, 0.3) is 5.91 Å². The molecule has 0 unspecified atom stereocenters. The summed E-state index contributed by atoms with van der Waals surface area (Å²) >= 11 is 0. The fourth-order valence-electron chi connectivity index (χ4n) is 2.79. The van der Waals surface area contributed by atoms with Crippen LogP contribution in [-0.2, 0) is 9.59 Å². The number of hydrogen-bond donors (Lipinski definition) is 2. The predicted octanol–water partition coefficient (Wildman–Crippen LogP) is 2.16. The number of anilines is 1. The third-order valence-electron chi connectivity index (χ3n) is 3.90. The van der Waals surface area contributed by atoms with Gasteiger partial charge in [0.1, 0.15) is 5.71 Å². The van der Waals surface area contributed by atoms with E-state index in [-0.39, 0.29) is 23.9 Å². The number of nitrogens with zero attached hydrogens (tertiary/aromatic N) is 1. The predicted molar refractivity (Wildman–Crippen MR) is 76.5 cm³/mol. The summed E-state index contributed by atoms with van der Waals surface area (Å²) in [4.78, 5) is 22.9. The van der Waals surface area contributed by atoms with Gasteiger partial charge in [-0.3, -0.25) is 9.59 Å². The van der Waals surface area contributed by atoms with Crippen LogP contribution in [0, 0.1) is 0 Å². The van der Waals surface area contributed by atoms with Crippen molar-refractivity contribution < 1.29 is 9.59 Å². The van der Waals surface area contributed by atoms with Crippen molar-refractivity contribution in [2.75, 3.05) is 5.32 Å². The average Bonchev–Trinajstić information content (AvgIpc) is 3.10. The molecule has 0 spiro atoms. The Morgan fingerprint density at radius 3 is 2.50 bits per heavy atom. The molecule has 0 aromatic heterocycles. The first-order valence-corrected chi connectivity index (χ1v) is 6.99. The fraction of sp³-hybridized carbons (Fsp3) is 0.400. The van der Waals surface area contributed by atoms with Gasteiger partial charge in [-0.05, 0) is 36.5 Å². The van der Waals surface area contributed by atoms with Crippen LogP contribution < -0.4 is 10.7 Å². The highest BCUT2D eigenvalue weighted by Crippen LogP contribution is 2.34. The maximum Gasteiger partial charge on any atom is 0.272 e. The van der Waals surface area contributed by atoms with Gasteiger partial charge in [0.2, 0.25) is 5.91 Å². The van der Waals surface area contributed by atoms with Crippen molar-refractivity contribution in [1.29, 1.82) is 0 Å². The monoisotopic (exact) mass is 271 g/mol. The summed E-state index contributed by atoms with van der Waals surface area (Å²) in [7, 11) is 0. The summed E-state index contributed by atoms with van der Waals surface area (Å²) in [5.41, 5.74) is 4.58. The molecule has 0 radical (unpaired) electrons. The lowest BCUT2D eigenvalue weighted by Crippen LogP contribution is -2.22. The first-order valence-electron chi connectivity index (χ1n) is 6.99. The molecule has 2 N–H and O–H groups in total. The van der Waals surface area contributed by atoms with Gasteiger partial charge in [-0.1, -0.05) is 25.0 Å². The molecule has 0 bridgehead atoms. The fourth-order valence-corrected chi connectivity index (χ4v) is 2.79. The van der Waals surface area contributed by atoms with E-state index in [1.165, 1.54) is 31.2 Å². The Kier molecular flexibility index (Phi) is 3.50. The average molecular weight is 271 g/mol. The van der Waals surface area contributed by atoms with E-state index >= 15 is 0 Å². The maximum atomic E-state index is 11.9. The number of carbonyl (C=O) groups excluding carboxylic acids is 2. The summed E-state index contributed by atoms with van der Waals surface area (Å²) in [5, 5.41) is 6.46. The first kappa shape index (κ1) is 12.8. The summed E-state index contributed by atoms with van der Waals surface area (Å²) in [6, 6.07) is 7.98. The Morgan fingerprint density at radius 1 is 1.20 bits per heavy atom. The highest BCUT2D eigenvalue weighted by Gasteiger charge is 2.21. The number of rotatable bonds is 3. The van der Waals surface area contributed by atoms with Crippen LogP contribution in [0.15, 0.2) is 29.4 Å². The number of benzene rings is 1. The van der Waals surface area contributed by atoms with Gasteiger partial charge in [0.15, 0.2) is 0 Å². The van der Waals surface area contributed by atoms with E-state index < -0.39 is 0 Å². The van der Waals surface area contributed by atoms with Gasteiger partial charge in [-0.25, -0.2) is 5.43 Å². The highest BCUT2D eigenvalue weighted by atomic mass is 16.2. The van der Waals surface area contributed by atoms with Gasteiger partial charge in [-0.15, -0.1) is 0 Å². The lowest BCUT2D eigenvalue weighted by atomic mass is 9.97. The zero-order valence-electron chi connectivity index (χ0n) is 11.2. The summed E-state index contributed by atoms with van der Waals surface area (Å²) in [6.45, 7) is 0. The quantitative estimate of drug-likeness (QED) is 0.884. The van der Waals surface area contributed by atoms with E-state index in [9.17, 15) is 9.59 Å². The molecule has 2 aliphatic rings. The standard InChI is InChI=1S/C15H17N3O2/c19-14-9-13(17-18-14)15(20)16-12-7-5-11(6-8-12)10-3-1-2-4-10/h5-8,10H,1-4,9H2,(H,16,20)(H,18,19). The van der Waals surface area contributed by atoms with Crippen molar-refractivity contribution in [3.8, 4) is 0 Å². The Balaban J connectivity index is 1.63. The second-order valence-electron chi connectivity index (χ2n) is 5.33. The number of nitrogens with one attached hydrogen (secondary N) is 2. The van der Waals surface area contributed by atoms with Crippen molar-refractivity contribution in [1.82, 2.24) is 5.43 Å². The van der Waals surface area contributed by atoms with E-state index in [0.29, 0.717) is 5.92 Å². The number of amides is 2. The smallest absolute Gasteiger partial charge is 0.272 e. The molecule has 1 aromatic rings. The van der Waals surface area contributed by atoms with Crippen molar-refractivity contribution in [3.05, 3.63) is 29.8 Å². The third kappa shape index (κ3) is 2.71. The number of carbonyl (C=O) groups is 2. The number of hydrogen-bond acceptors (Lipinski definition) is 3. The zero-order chi connectivity index (χ0) is 13.9. The van der Waals surface area contributed by atoms with Gasteiger partial charge >= 0.3 is 0 Å². The second kappa shape index (κ2) is 5.45. The number of hydrazone groups is 1. The van der Waals surface area contributed by atoms with Crippen LogP contribution in [0.25, 0.3) is 0 Å². The molecule has 20 heavy (non-hydrogen) atoms. The molecule has 1 aliphatic heterocycles. The third-order valence-corrected chi connectivity index (χ3v) is 3.90. The van der Waals surface area contributed by atoms with Crippen molar-refractivity contribution >= 4 is 23.2 Å². The SMILES string of the molecule is O=C1CC(C(=O)Nc2ccc(C3CCCC3)cc2)=NN1. The van der Waals surface area contributed by atoms with Gasteiger partial charge in [0.05, 0.1) is 6.42 Å². The molecule has 104 valence electrons. The minimum absolute atomic E-state index is 0.0476. The van der Waals surface area contributed by atoms with Crippen LogP contribution in [0.5, 0.6) is 0 Å². The minimum Gasteiger partial charge on any atom is -0.321 e. The second-order valence-corrected chi connectivity index (χ2v) is 5.33. The lowest BCUT2D eigenvalue weighted by molar-refractivity contribution is -0.119. The summed E-state index contributed by atoms with van der Waals surface area (Å²) < 4.78 is 0. The molecule has 2 amide bonds. The normalized spacial score (nSPS) is 18.8. The molecule has 3 rings (SSSR count). The van der Waals surface area contributed by atoms with Gasteiger partial charge in [-0.2, -0.15) is 5.10 Å². The zero-order valence-corrected chi connectivity index (χ0v) is 11.2. The van der Waals surface area contributed by atoms with E-state index in [1.54, 1.807) is 0 Å². The molecule has 1 aliphatic carbocycles. The molecule has 0 atom stereocenters. The van der Waals surface area contributed by atoms with E-state index in [1.807, 2.05) is 12.1 Å². The first-order chi connectivity index (χ1) is 9.72. The topological polar surface area (TPSA) is 70.6 Å². The molecule has 1 saturated carbocycles. The Labute approximate surface area is 117 Å². The highest BCUT2D eigenvalue weighted by molar-refractivity contribution is 6.46. The Bertz CT molecular complexity index is 557. The van der Waals surface area contributed by atoms with Crippen LogP contribution in [0.3, 0.4) is 0 Å². The Hall–Kier alpha value is -2.17. The molecular weight excluding hydrogens is 254 g/mol. The van der Waals surface area contributed by atoms with Crippen LogP contribution >= 0.6 is 0 Å². The van der Waals surface area contributed by atoms with Crippen LogP contribution in [-0.4, -0.2) is 17.5 Å². The molecular formula is C15H17N3O2. The van der Waals surface area contributed by atoms with Crippen LogP contribution in [0.1, 0.15) is 43.6 Å². The Morgan fingerprint density at radius 2 is 1.90 bits per heavy atom. The van der Waals surface area contributed by atoms with Gasteiger partial charge in [0, 0.05) is 5.69 Å². The summed E-state index contributed by atoms with van der Waals surface area (Å²) in [5.74, 6) is 0.101. The van der Waals surface area contributed by atoms with Crippen molar-refractivity contribution in [3.63, 3.8) is 0 Å². The minimum atomic E-state index is -0.322. The van der Waals surface area contributed by atoms with Crippen molar-refractivity contribution in [2.45, 2.75) is 38.0 Å². The molecule has 1 fully saturated rings.